The standard InChI is InChI=1S/C24H31F3N6O4/c1-13-9-14(31-21(35)16(10-18(28)34)32-22(36)37-23(2,3)4)12-33(11-13)17-6-5-15(24(25,26)27)19-20(17)30-8-7-29-19/h5-8,13-14,16H,9-12H2,1-4H3,(H2,28,34)(H,31,35)(H,32,36)/t13-,14+,16?/m0/s1. The van der Waals surface area contributed by atoms with E-state index in [1.54, 1.807) is 20.8 Å². The highest BCUT2D eigenvalue weighted by molar-refractivity contribution is 5.92. The van der Waals surface area contributed by atoms with Crippen LogP contribution in [0.3, 0.4) is 0 Å². The first-order valence-corrected chi connectivity index (χ1v) is 11.8. The van der Waals surface area contributed by atoms with Crippen LogP contribution in [0.15, 0.2) is 24.5 Å². The van der Waals surface area contributed by atoms with Crippen molar-refractivity contribution in [1.29, 1.82) is 0 Å². The SMILES string of the molecule is C[C@H]1C[C@@H](NC(=O)C(CC(N)=O)NC(=O)OC(C)(C)C)CN(c2ccc(C(F)(F)F)c3nccnc23)C1. The van der Waals surface area contributed by atoms with Crippen LogP contribution in [-0.2, 0) is 20.5 Å². The summed E-state index contributed by atoms with van der Waals surface area (Å²) in [4.78, 5) is 46.7. The number of alkyl halides is 3. The molecule has 1 aliphatic heterocycles. The van der Waals surface area contributed by atoms with Crippen LogP contribution < -0.4 is 21.3 Å². The summed E-state index contributed by atoms with van der Waals surface area (Å²) in [5, 5.41) is 5.21. The number of amides is 3. The third kappa shape index (κ3) is 7.43. The number of carbonyl (C=O) groups is 3. The van der Waals surface area contributed by atoms with E-state index < -0.39 is 53.8 Å². The second-order valence-electron chi connectivity index (χ2n) is 10.2. The van der Waals surface area contributed by atoms with Crippen LogP contribution in [0, 0.1) is 5.92 Å². The highest BCUT2D eigenvalue weighted by Gasteiger charge is 2.36. The van der Waals surface area contributed by atoms with Gasteiger partial charge in [-0.25, -0.2) is 4.79 Å². The zero-order chi connectivity index (χ0) is 27.5. The number of hydrogen-bond donors (Lipinski definition) is 3. The monoisotopic (exact) mass is 524 g/mol. The molecule has 37 heavy (non-hydrogen) atoms. The first-order chi connectivity index (χ1) is 17.1. The Balaban J connectivity index is 1.81. The molecule has 10 nitrogen and oxygen atoms in total. The van der Waals surface area contributed by atoms with Gasteiger partial charge >= 0.3 is 12.3 Å². The highest BCUT2D eigenvalue weighted by Crippen LogP contribution is 2.37. The molecule has 3 atom stereocenters. The van der Waals surface area contributed by atoms with Crippen molar-refractivity contribution in [3.8, 4) is 0 Å². The molecular formula is C24H31F3N6O4. The van der Waals surface area contributed by atoms with E-state index in [4.69, 9.17) is 10.5 Å². The Labute approximate surface area is 212 Å². The van der Waals surface area contributed by atoms with Crippen molar-refractivity contribution in [2.24, 2.45) is 11.7 Å². The fourth-order valence-corrected chi connectivity index (χ4v) is 4.34. The van der Waals surface area contributed by atoms with Crippen LogP contribution in [-0.4, -0.2) is 58.6 Å². The predicted octanol–water partition coefficient (Wildman–Crippen LogP) is 2.75. The molecule has 1 unspecified atom stereocenters. The summed E-state index contributed by atoms with van der Waals surface area (Å²) in [7, 11) is 0. The van der Waals surface area contributed by atoms with Crippen molar-refractivity contribution in [1.82, 2.24) is 20.6 Å². The zero-order valence-corrected chi connectivity index (χ0v) is 21.1. The maximum atomic E-state index is 13.5. The average molecular weight is 525 g/mol. The number of piperidine rings is 1. The van der Waals surface area contributed by atoms with Gasteiger partial charge in [0.05, 0.1) is 17.7 Å². The lowest BCUT2D eigenvalue weighted by Gasteiger charge is -2.39. The molecule has 3 rings (SSSR count). The summed E-state index contributed by atoms with van der Waals surface area (Å²) in [5.74, 6) is -1.35. The quantitative estimate of drug-likeness (QED) is 0.528. The number of rotatable bonds is 6. The predicted molar refractivity (Wildman–Crippen MR) is 129 cm³/mol. The van der Waals surface area contributed by atoms with Crippen LogP contribution in [0.5, 0.6) is 0 Å². The van der Waals surface area contributed by atoms with Crippen LogP contribution >= 0.6 is 0 Å². The van der Waals surface area contributed by atoms with Crippen molar-refractivity contribution in [3.63, 3.8) is 0 Å². The molecule has 0 bridgehead atoms. The van der Waals surface area contributed by atoms with Gasteiger partial charge in [-0.1, -0.05) is 6.92 Å². The smallest absolute Gasteiger partial charge is 0.418 e. The van der Waals surface area contributed by atoms with E-state index in [0.29, 0.717) is 18.7 Å². The summed E-state index contributed by atoms with van der Waals surface area (Å²) < 4.78 is 45.7. The van der Waals surface area contributed by atoms with Gasteiger partial charge in [0.2, 0.25) is 11.8 Å². The van der Waals surface area contributed by atoms with Crippen molar-refractivity contribution in [2.45, 2.75) is 64.4 Å². The van der Waals surface area contributed by atoms with E-state index in [9.17, 15) is 27.6 Å². The molecule has 4 N–H and O–H groups in total. The van der Waals surface area contributed by atoms with Gasteiger partial charge in [-0.15, -0.1) is 0 Å². The first-order valence-electron chi connectivity index (χ1n) is 11.8. The highest BCUT2D eigenvalue weighted by atomic mass is 19.4. The number of alkyl carbamates (subject to hydrolysis) is 1. The van der Waals surface area contributed by atoms with Crippen LogP contribution in [0.25, 0.3) is 11.0 Å². The molecule has 2 heterocycles. The fraction of sp³-hybridized carbons (Fsp3) is 0.542. The molecule has 202 valence electrons. The molecule has 3 amide bonds. The number of fused-ring (bicyclic) bond motifs is 1. The molecule has 0 spiro atoms. The topological polar surface area (TPSA) is 140 Å². The number of halogens is 3. The van der Waals surface area contributed by atoms with Gasteiger partial charge in [0.25, 0.3) is 0 Å². The largest absolute Gasteiger partial charge is 0.444 e. The Hall–Kier alpha value is -3.64. The summed E-state index contributed by atoms with van der Waals surface area (Å²) >= 11 is 0. The van der Waals surface area contributed by atoms with E-state index in [0.717, 1.165) is 6.07 Å². The normalized spacial score (nSPS) is 19.3. The molecule has 1 fully saturated rings. The van der Waals surface area contributed by atoms with E-state index in [2.05, 4.69) is 20.6 Å². The van der Waals surface area contributed by atoms with Crippen molar-refractivity contribution in [3.05, 3.63) is 30.1 Å². The molecule has 13 heteroatoms. The third-order valence-corrected chi connectivity index (χ3v) is 5.67. The number of nitrogens with zero attached hydrogens (tertiary/aromatic N) is 3. The Morgan fingerprint density at radius 3 is 2.38 bits per heavy atom. The van der Waals surface area contributed by atoms with E-state index in [1.807, 2.05) is 11.8 Å². The van der Waals surface area contributed by atoms with E-state index >= 15 is 0 Å². The number of hydrogen-bond acceptors (Lipinski definition) is 7. The second-order valence-corrected chi connectivity index (χ2v) is 10.2. The molecule has 2 aromatic rings. The van der Waals surface area contributed by atoms with Gasteiger partial charge in [-0.05, 0) is 45.2 Å². The summed E-state index contributed by atoms with van der Waals surface area (Å²) in [6.45, 7) is 7.70. The Morgan fingerprint density at radius 2 is 1.78 bits per heavy atom. The first kappa shape index (κ1) is 27.9. The number of benzene rings is 1. The second kappa shape index (κ2) is 10.8. The molecule has 0 saturated carbocycles. The number of aromatic nitrogens is 2. The minimum atomic E-state index is -4.59. The molecular weight excluding hydrogens is 493 g/mol. The third-order valence-electron chi connectivity index (χ3n) is 5.67. The lowest BCUT2D eigenvalue weighted by Crippen LogP contribution is -2.56. The number of primary amides is 1. The zero-order valence-electron chi connectivity index (χ0n) is 21.1. The number of nitrogens with one attached hydrogen (secondary N) is 2. The maximum absolute atomic E-state index is 13.5. The van der Waals surface area contributed by atoms with Gasteiger partial charge in [0.15, 0.2) is 0 Å². The van der Waals surface area contributed by atoms with E-state index in [-0.39, 0.29) is 23.5 Å². The summed E-state index contributed by atoms with van der Waals surface area (Å²) in [6.07, 6.45) is -2.79. The van der Waals surface area contributed by atoms with Gasteiger partial charge in [0.1, 0.15) is 22.7 Å². The number of anilines is 1. The minimum absolute atomic E-state index is 0.0569. The Bertz CT molecular complexity index is 1170. The van der Waals surface area contributed by atoms with Gasteiger partial charge in [0, 0.05) is 31.5 Å². The lowest BCUT2D eigenvalue weighted by atomic mass is 9.94. The maximum Gasteiger partial charge on any atom is 0.418 e. The van der Waals surface area contributed by atoms with Crippen LogP contribution in [0.2, 0.25) is 0 Å². The van der Waals surface area contributed by atoms with Gasteiger partial charge < -0.3 is 26.0 Å². The van der Waals surface area contributed by atoms with Gasteiger partial charge in [-0.3, -0.25) is 19.6 Å². The fourth-order valence-electron chi connectivity index (χ4n) is 4.34. The van der Waals surface area contributed by atoms with Crippen molar-refractivity contribution >= 4 is 34.6 Å². The molecule has 1 aromatic heterocycles. The molecule has 1 aromatic carbocycles. The van der Waals surface area contributed by atoms with Gasteiger partial charge in [-0.2, -0.15) is 13.2 Å². The van der Waals surface area contributed by atoms with Crippen molar-refractivity contribution in [2.75, 3.05) is 18.0 Å². The Morgan fingerprint density at radius 1 is 1.14 bits per heavy atom. The average Bonchev–Trinajstić information content (AvgIpc) is 2.75. The van der Waals surface area contributed by atoms with Crippen LogP contribution in [0.1, 0.15) is 46.1 Å². The molecule has 1 aliphatic rings. The molecule has 0 radical (unpaired) electrons. The molecule has 0 aliphatic carbocycles. The van der Waals surface area contributed by atoms with E-state index in [1.165, 1.54) is 18.5 Å². The number of ether oxygens (including phenoxy) is 1. The Kier molecular flexibility index (Phi) is 8.13. The number of carbonyl (C=O) groups excluding carboxylic acids is 3. The summed E-state index contributed by atoms with van der Waals surface area (Å²) in [6, 6.07) is 0.653. The summed E-state index contributed by atoms with van der Waals surface area (Å²) in [5.41, 5.74) is 3.89. The number of nitrogens with two attached hydrogens (primary N) is 1. The molecule has 1 saturated heterocycles. The van der Waals surface area contributed by atoms with Crippen LogP contribution in [0.4, 0.5) is 23.7 Å². The minimum Gasteiger partial charge on any atom is -0.444 e. The van der Waals surface area contributed by atoms with Crippen molar-refractivity contribution < 1.29 is 32.3 Å². The lowest BCUT2D eigenvalue weighted by molar-refractivity contribution is -0.136.